The Morgan fingerprint density at radius 1 is 1.03 bits per heavy atom. The Bertz CT molecular complexity index is 1050. The molecule has 1 aliphatic rings. The molecule has 0 aliphatic heterocycles. The summed E-state index contributed by atoms with van der Waals surface area (Å²) in [6.45, 7) is 0.311. The third kappa shape index (κ3) is 4.60. The highest BCUT2D eigenvalue weighted by Gasteiger charge is 2.51. The number of hydrogen-bond donors (Lipinski definition) is 2. The summed E-state index contributed by atoms with van der Waals surface area (Å²) < 4.78 is 18.8. The molecule has 7 nitrogen and oxygen atoms in total. The lowest BCUT2D eigenvalue weighted by Crippen LogP contribution is -2.48. The van der Waals surface area contributed by atoms with E-state index in [1.165, 1.54) is 30.9 Å². The minimum Gasteiger partial charge on any atom is -0.457 e. The van der Waals surface area contributed by atoms with Gasteiger partial charge < -0.3 is 15.4 Å². The van der Waals surface area contributed by atoms with Crippen molar-refractivity contribution in [3.8, 4) is 11.5 Å². The molecule has 1 aliphatic carbocycles. The van der Waals surface area contributed by atoms with E-state index in [0.29, 0.717) is 36.4 Å². The Morgan fingerprint density at radius 2 is 1.77 bits per heavy atom. The summed E-state index contributed by atoms with van der Waals surface area (Å²) in [5, 5.41) is 5.64. The Kier molecular flexibility index (Phi) is 5.38. The van der Waals surface area contributed by atoms with Crippen LogP contribution < -0.4 is 15.4 Å². The lowest BCUT2D eigenvalue weighted by atomic mass is 10.2. The van der Waals surface area contributed by atoms with Crippen molar-refractivity contribution < 1.29 is 18.7 Å². The van der Waals surface area contributed by atoms with Gasteiger partial charge in [0, 0.05) is 25.0 Å². The molecule has 0 bridgehead atoms. The normalized spacial score (nSPS) is 13.9. The molecule has 1 fully saturated rings. The second-order valence-corrected chi connectivity index (χ2v) is 7.05. The molecule has 2 N–H and O–H groups in total. The zero-order chi connectivity index (χ0) is 21.0. The molecule has 8 heteroatoms. The predicted octanol–water partition coefficient (Wildman–Crippen LogP) is 2.99. The third-order valence-corrected chi connectivity index (χ3v) is 4.77. The van der Waals surface area contributed by atoms with Crippen molar-refractivity contribution in [2.75, 3.05) is 0 Å². The number of halogens is 1. The Hall–Kier alpha value is -3.81. The average molecular weight is 406 g/mol. The molecule has 0 atom stereocenters. The van der Waals surface area contributed by atoms with Gasteiger partial charge >= 0.3 is 0 Å². The van der Waals surface area contributed by atoms with Gasteiger partial charge in [-0.3, -0.25) is 9.59 Å². The first-order valence-corrected chi connectivity index (χ1v) is 9.42. The predicted molar refractivity (Wildman–Crippen MR) is 106 cm³/mol. The number of aromatic nitrogens is 2. The lowest BCUT2D eigenvalue weighted by molar-refractivity contribution is -0.124. The van der Waals surface area contributed by atoms with Crippen molar-refractivity contribution >= 4 is 11.8 Å². The fraction of sp³-hybridized carbons (Fsp3) is 0.182. The molecule has 3 aromatic rings. The van der Waals surface area contributed by atoms with Crippen LogP contribution in [-0.4, -0.2) is 27.3 Å². The standard InChI is InChI=1S/C22H19FN4O3/c23-17-2-1-3-19(10-17)30-18-6-4-15(5-7-18)11-26-21(29)22(8-9-22)27-20(28)16-12-24-14-25-13-16/h1-7,10,12-14H,8-9,11H2,(H,26,29)(H,27,28). The van der Waals surface area contributed by atoms with Gasteiger partial charge in [-0.2, -0.15) is 0 Å². The average Bonchev–Trinajstić information content (AvgIpc) is 3.54. The van der Waals surface area contributed by atoms with E-state index >= 15 is 0 Å². The molecule has 0 saturated heterocycles. The first-order chi connectivity index (χ1) is 14.5. The molecule has 4 rings (SSSR count). The van der Waals surface area contributed by atoms with Gasteiger partial charge in [-0.15, -0.1) is 0 Å². The maximum absolute atomic E-state index is 13.2. The second kappa shape index (κ2) is 8.28. The largest absolute Gasteiger partial charge is 0.457 e. The van der Waals surface area contributed by atoms with Crippen LogP contribution in [0.5, 0.6) is 11.5 Å². The SMILES string of the molecule is O=C(NC1(C(=O)NCc2ccc(Oc3cccc(F)c3)cc2)CC1)c1cncnc1. The Labute approximate surface area is 172 Å². The number of benzene rings is 2. The topological polar surface area (TPSA) is 93.2 Å². The van der Waals surface area contributed by atoms with Crippen molar-refractivity contribution in [1.29, 1.82) is 0 Å². The molecule has 1 heterocycles. The van der Waals surface area contributed by atoms with Gasteiger partial charge in [-0.05, 0) is 42.7 Å². The van der Waals surface area contributed by atoms with E-state index in [1.54, 1.807) is 24.3 Å². The molecular weight excluding hydrogens is 387 g/mol. The highest BCUT2D eigenvalue weighted by Crippen LogP contribution is 2.36. The van der Waals surface area contributed by atoms with E-state index in [1.807, 2.05) is 12.1 Å². The third-order valence-electron chi connectivity index (χ3n) is 4.77. The van der Waals surface area contributed by atoms with Gasteiger partial charge in [0.25, 0.3) is 5.91 Å². The molecule has 152 valence electrons. The number of carbonyl (C=O) groups excluding carboxylic acids is 2. The van der Waals surface area contributed by atoms with E-state index in [-0.39, 0.29) is 17.6 Å². The first kappa shape index (κ1) is 19.5. The Morgan fingerprint density at radius 3 is 2.43 bits per heavy atom. The summed E-state index contributed by atoms with van der Waals surface area (Å²) in [5.41, 5.74) is 0.298. The summed E-state index contributed by atoms with van der Waals surface area (Å²) in [7, 11) is 0. The smallest absolute Gasteiger partial charge is 0.255 e. The van der Waals surface area contributed by atoms with Crippen molar-refractivity contribution in [1.82, 2.24) is 20.6 Å². The maximum atomic E-state index is 13.2. The highest BCUT2D eigenvalue weighted by atomic mass is 19.1. The number of ether oxygens (including phenoxy) is 1. The summed E-state index contributed by atoms with van der Waals surface area (Å²) in [5.74, 6) is 0.000532. The van der Waals surface area contributed by atoms with Gasteiger partial charge in [0.15, 0.2) is 0 Å². The van der Waals surface area contributed by atoms with Crippen LogP contribution in [0.1, 0.15) is 28.8 Å². The van der Waals surface area contributed by atoms with E-state index in [0.717, 1.165) is 5.56 Å². The molecule has 30 heavy (non-hydrogen) atoms. The van der Waals surface area contributed by atoms with E-state index in [4.69, 9.17) is 4.74 Å². The van der Waals surface area contributed by atoms with Crippen molar-refractivity contribution in [2.45, 2.75) is 24.9 Å². The van der Waals surface area contributed by atoms with Crippen LogP contribution in [0.4, 0.5) is 4.39 Å². The minimum absolute atomic E-state index is 0.229. The lowest BCUT2D eigenvalue weighted by Gasteiger charge is -2.17. The minimum atomic E-state index is -0.882. The summed E-state index contributed by atoms with van der Waals surface area (Å²) in [6, 6.07) is 13.0. The number of carbonyl (C=O) groups is 2. The van der Waals surface area contributed by atoms with Crippen LogP contribution in [0.2, 0.25) is 0 Å². The van der Waals surface area contributed by atoms with Crippen LogP contribution in [0, 0.1) is 5.82 Å². The van der Waals surface area contributed by atoms with Crippen molar-refractivity contribution in [3.63, 3.8) is 0 Å². The quantitative estimate of drug-likeness (QED) is 0.629. The summed E-state index contributed by atoms with van der Waals surface area (Å²) in [6.07, 6.45) is 5.32. The van der Waals surface area contributed by atoms with Crippen molar-refractivity contribution in [2.24, 2.45) is 0 Å². The molecular formula is C22H19FN4O3. The van der Waals surface area contributed by atoms with Crippen LogP contribution >= 0.6 is 0 Å². The van der Waals surface area contributed by atoms with Gasteiger partial charge in [0.2, 0.25) is 5.91 Å². The zero-order valence-electron chi connectivity index (χ0n) is 16.0. The first-order valence-electron chi connectivity index (χ1n) is 9.42. The molecule has 1 aromatic heterocycles. The monoisotopic (exact) mass is 406 g/mol. The van der Waals surface area contributed by atoms with Gasteiger partial charge in [-0.25, -0.2) is 14.4 Å². The van der Waals surface area contributed by atoms with E-state index < -0.39 is 5.54 Å². The van der Waals surface area contributed by atoms with Crippen LogP contribution in [-0.2, 0) is 11.3 Å². The number of amides is 2. The van der Waals surface area contributed by atoms with Crippen molar-refractivity contribution in [3.05, 3.63) is 84.2 Å². The fourth-order valence-corrected chi connectivity index (χ4v) is 2.93. The summed E-state index contributed by atoms with van der Waals surface area (Å²) in [4.78, 5) is 32.5. The molecule has 2 amide bonds. The van der Waals surface area contributed by atoms with Crippen LogP contribution in [0.15, 0.2) is 67.3 Å². The fourth-order valence-electron chi connectivity index (χ4n) is 2.93. The number of nitrogens with zero attached hydrogens (tertiary/aromatic N) is 2. The van der Waals surface area contributed by atoms with E-state index in [9.17, 15) is 14.0 Å². The summed E-state index contributed by atoms with van der Waals surface area (Å²) >= 11 is 0. The number of nitrogens with one attached hydrogen (secondary N) is 2. The van der Waals surface area contributed by atoms with Gasteiger partial charge in [0.05, 0.1) is 5.56 Å². The van der Waals surface area contributed by atoms with Crippen LogP contribution in [0.25, 0.3) is 0 Å². The Balaban J connectivity index is 1.31. The molecule has 1 saturated carbocycles. The van der Waals surface area contributed by atoms with Gasteiger partial charge in [-0.1, -0.05) is 18.2 Å². The molecule has 2 aromatic carbocycles. The maximum Gasteiger partial charge on any atom is 0.255 e. The van der Waals surface area contributed by atoms with Gasteiger partial charge in [0.1, 0.15) is 29.2 Å². The van der Waals surface area contributed by atoms with E-state index in [2.05, 4.69) is 20.6 Å². The number of hydrogen-bond acceptors (Lipinski definition) is 5. The van der Waals surface area contributed by atoms with Crippen LogP contribution in [0.3, 0.4) is 0 Å². The highest BCUT2D eigenvalue weighted by molar-refractivity contribution is 6.00. The molecule has 0 spiro atoms. The molecule has 0 radical (unpaired) electrons. The number of rotatable bonds is 7. The second-order valence-electron chi connectivity index (χ2n) is 7.05. The molecule has 0 unspecified atom stereocenters. The zero-order valence-corrected chi connectivity index (χ0v) is 16.0.